The van der Waals surface area contributed by atoms with Crippen molar-refractivity contribution in [3.8, 4) is 0 Å². The van der Waals surface area contributed by atoms with Gasteiger partial charge in [-0.2, -0.15) is 0 Å². The van der Waals surface area contributed by atoms with E-state index in [9.17, 15) is 13.2 Å². The highest BCUT2D eigenvalue weighted by Gasteiger charge is 2.24. The predicted molar refractivity (Wildman–Crippen MR) is 48.7 cm³/mol. The number of rotatable bonds is 3. The lowest BCUT2D eigenvalue weighted by molar-refractivity contribution is 0.0173. The Labute approximate surface area is 80.7 Å². The van der Waals surface area contributed by atoms with Crippen molar-refractivity contribution in [3.63, 3.8) is 0 Å². The van der Waals surface area contributed by atoms with Crippen LogP contribution in [0.4, 0.5) is 13.2 Å². The summed E-state index contributed by atoms with van der Waals surface area (Å²) in [6.45, 7) is 1.03. The fraction of sp³-hybridized carbons (Fsp3) is 0.400. The Balaban J connectivity index is 3.06. The minimum atomic E-state index is -2.93. The van der Waals surface area contributed by atoms with E-state index in [1.54, 1.807) is 0 Å². The highest BCUT2D eigenvalue weighted by atomic mass is 19.3. The molecule has 0 bridgehead atoms. The first kappa shape index (κ1) is 11.0. The molecule has 14 heavy (non-hydrogen) atoms. The summed E-state index contributed by atoms with van der Waals surface area (Å²) < 4.78 is 38.8. The van der Waals surface area contributed by atoms with Crippen LogP contribution in [0.2, 0.25) is 0 Å². The van der Waals surface area contributed by atoms with Gasteiger partial charge in [-0.05, 0) is 30.7 Å². The van der Waals surface area contributed by atoms with Crippen molar-refractivity contribution < 1.29 is 13.2 Å². The molecule has 0 aliphatic carbocycles. The average Bonchev–Trinajstić information content (AvgIpc) is 2.07. The normalized spacial score (nSPS) is 11.8. The lowest BCUT2D eigenvalue weighted by Crippen LogP contribution is -2.10. The van der Waals surface area contributed by atoms with Gasteiger partial charge in [0.2, 0.25) is 0 Å². The van der Waals surface area contributed by atoms with Crippen LogP contribution >= 0.6 is 0 Å². The van der Waals surface area contributed by atoms with Crippen molar-refractivity contribution in [1.29, 1.82) is 0 Å². The second-order valence-electron chi connectivity index (χ2n) is 3.23. The molecule has 1 aromatic rings. The van der Waals surface area contributed by atoms with Crippen LogP contribution in [-0.2, 0) is 12.3 Å². The van der Waals surface area contributed by atoms with Crippen LogP contribution < -0.4 is 5.73 Å². The molecule has 0 unspecified atom stereocenters. The fourth-order valence-electron chi connectivity index (χ4n) is 1.19. The van der Waals surface area contributed by atoms with Gasteiger partial charge in [-0.3, -0.25) is 0 Å². The molecule has 0 saturated heterocycles. The Morgan fingerprint density at radius 3 is 2.50 bits per heavy atom. The average molecular weight is 203 g/mol. The van der Waals surface area contributed by atoms with Gasteiger partial charge in [0, 0.05) is 12.5 Å². The van der Waals surface area contributed by atoms with E-state index in [1.807, 2.05) is 0 Å². The first-order valence-electron chi connectivity index (χ1n) is 4.32. The second kappa shape index (κ2) is 4.00. The van der Waals surface area contributed by atoms with Crippen molar-refractivity contribution in [2.45, 2.75) is 19.3 Å². The Morgan fingerprint density at radius 1 is 1.36 bits per heavy atom. The number of nitrogens with two attached hydrogens (primary N) is 1. The molecule has 1 aromatic carbocycles. The zero-order chi connectivity index (χ0) is 10.8. The van der Waals surface area contributed by atoms with Crippen LogP contribution in [0.15, 0.2) is 18.2 Å². The molecule has 0 amide bonds. The van der Waals surface area contributed by atoms with Crippen molar-refractivity contribution in [3.05, 3.63) is 35.1 Å². The molecule has 4 heteroatoms. The van der Waals surface area contributed by atoms with Gasteiger partial charge in [-0.25, -0.2) is 13.2 Å². The topological polar surface area (TPSA) is 26.0 Å². The smallest absolute Gasteiger partial charge is 0.270 e. The first-order valence-corrected chi connectivity index (χ1v) is 4.32. The van der Waals surface area contributed by atoms with Gasteiger partial charge < -0.3 is 5.73 Å². The third-order valence-corrected chi connectivity index (χ3v) is 1.97. The third-order valence-electron chi connectivity index (χ3n) is 1.97. The van der Waals surface area contributed by atoms with E-state index in [1.165, 1.54) is 6.07 Å². The number of hydrogen-bond acceptors (Lipinski definition) is 1. The maximum Gasteiger partial charge on any atom is 0.270 e. The Hall–Kier alpha value is -1.03. The molecular formula is C10H12F3N. The van der Waals surface area contributed by atoms with Crippen LogP contribution in [0.25, 0.3) is 0 Å². The third kappa shape index (κ3) is 2.48. The highest BCUT2D eigenvalue weighted by molar-refractivity contribution is 5.28. The quantitative estimate of drug-likeness (QED) is 0.802. The van der Waals surface area contributed by atoms with Gasteiger partial charge in [0.25, 0.3) is 5.92 Å². The summed E-state index contributed by atoms with van der Waals surface area (Å²) in [6.07, 6.45) is 0.274. The summed E-state index contributed by atoms with van der Waals surface area (Å²) in [4.78, 5) is 0. The molecule has 78 valence electrons. The molecule has 0 atom stereocenters. The molecule has 0 heterocycles. The lowest BCUT2D eigenvalue weighted by atomic mass is 10.0. The highest BCUT2D eigenvalue weighted by Crippen LogP contribution is 2.28. The summed E-state index contributed by atoms with van der Waals surface area (Å²) >= 11 is 0. The monoisotopic (exact) mass is 203 g/mol. The molecule has 0 aliphatic heterocycles. The Kier molecular flexibility index (Phi) is 3.16. The molecule has 1 nitrogen and oxygen atoms in total. The number of alkyl halides is 2. The van der Waals surface area contributed by atoms with Gasteiger partial charge in [0.15, 0.2) is 0 Å². The molecule has 2 N–H and O–H groups in total. The zero-order valence-electron chi connectivity index (χ0n) is 7.86. The van der Waals surface area contributed by atoms with Gasteiger partial charge in [0.05, 0.1) is 0 Å². The molecule has 0 spiro atoms. The molecule has 0 aliphatic rings. The summed E-state index contributed by atoms with van der Waals surface area (Å²) in [6, 6.07) is 3.31. The molecular weight excluding hydrogens is 191 g/mol. The predicted octanol–water partition coefficient (Wildman–Crippen LogP) is 2.44. The zero-order valence-corrected chi connectivity index (χ0v) is 7.86. The van der Waals surface area contributed by atoms with E-state index in [4.69, 9.17) is 5.73 Å². The standard InChI is InChI=1S/C10H12F3N/c1-10(12,13)8-2-3-9(11)7(6-8)4-5-14/h2-3,6H,4-5,14H2,1H3. The van der Waals surface area contributed by atoms with Crippen molar-refractivity contribution in [2.75, 3.05) is 6.54 Å². The minimum Gasteiger partial charge on any atom is -0.330 e. The van der Waals surface area contributed by atoms with Gasteiger partial charge in [-0.1, -0.05) is 6.07 Å². The molecule has 0 radical (unpaired) electrons. The van der Waals surface area contributed by atoms with Crippen LogP contribution in [0.3, 0.4) is 0 Å². The lowest BCUT2D eigenvalue weighted by Gasteiger charge is -2.12. The van der Waals surface area contributed by atoms with Crippen LogP contribution in [0, 0.1) is 5.82 Å². The number of halogens is 3. The second-order valence-corrected chi connectivity index (χ2v) is 3.23. The maximum atomic E-state index is 13.0. The minimum absolute atomic E-state index is 0.178. The van der Waals surface area contributed by atoms with E-state index < -0.39 is 11.7 Å². The van der Waals surface area contributed by atoms with Gasteiger partial charge >= 0.3 is 0 Å². The van der Waals surface area contributed by atoms with E-state index >= 15 is 0 Å². The Morgan fingerprint density at radius 2 is 2.00 bits per heavy atom. The largest absolute Gasteiger partial charge is 0.330 e. The van der Waals surface area contributed by atoms with E-state index in [0.717, 1.165) is 19.1 Å². The Bertz CT molecular complexity index is 318. The van der Waals surface area contributed by atoms with E-state index in [-0.39, 0.29) is 24.1 Å². The van der Waals surface area contributed by atoms with Crippen molar-refractivity contribution >= 4 is 0 Å². The van der Waals surface area contributed by atoms with E-state index in [2.05, 4.69) is 0 Å². The number of hydrogen-bond donors (Lipinski definition) is 1. The summed E-state index contributed by atoms with van der Waals surface area (Å²) in [5.41, 5.74) is 5.30. The molecule has 0 fully saturated rings. The maximum absolute atomic E-state index is 13.0. The van der Waals surface area contributed by atoms with Crippen LogP contribution in [0.1, 0.15) is 18.1 Å². The van der Waals surface area contributed by atoms with Gasteiger partial charge in [0.1, 0.15) is 5.82 Å². The summed E-state index contributed by atoms with van der Waals surface area (Å²) in [5, 5.41) is 0. The SMILES string of the molecule is CC(F)(F)c1ccc(F)c(CCN)c1. The molecule has 0 saturated carbocycles. The van der Waals surface area contributed by atoms with E-state index in [0.29, 0.717) is 0 Å². The molecule has 0 aromatic heterocycles. The van der Waals surface area contributed by atoms with Gasteiger partial charge in [-0.15, -0.1) is 0 Å². The fourth-order valence-corrected chi connectivity index (χ4v) is 1.19. The summed E-state index contributed by atoms with van der Waals surface area (Å²) in [5.74, 6) is -3.42. The summed E-state index contributed by atoms with van der Waals surface area (Å²) in [7, 11) is 0. The van der Waals surface area contributed by atoms with Crippen LogP contribution in [-0.4, -0.2) is 6.54 Å². The molecule has 1 rings (SSSR count). The van der Waals surface area contributed by atoms with Crippen molar-refractivity contribution in [2.24, 2.45) is 5.73 Å². The number of benzene rings is 1. The van der Waals surface area contributed by atoms with Crippen LogP contribution in [0.5, 0.6) is 0 Å². The first-order chi connectivity index (χ1) is 6.45. The van der Waals surface area contributed by atoms with Crippen molar-refractivity contribution in [1.82, 2.24) is 0 Å².